The van der Waals surface area contributed by atoms with Crippen LogP contribution in [0.5, 0.6) is 11.5 Å². The first-order valence-electron chi connectivity index (χ1n) is 5.88. The summed E-state index contributed by atoms with van der Waals surface area (Å²) in [6, 6.07) is 16.2. The molecule has 0 unspecified atom stereocenters. The molecule has 0 saturated carbocycles. The van der Waals surface area contributed by atoms with Crippen molar-refractivity contribution in [2.24, 2.45) is 0 Å². The largest absolute Gasteiger partial charge is 0.456 e. The van der Waals surface area contributed by atoms with Crippen molar-refractivity contribution in [1.29, 1.82) is 0 Å². The van der Waals surface area contributed by atoms with Crippen LogP contribution in [0.1, 0.15) is 5.56 Å². The summed E-state index contributed by atoms with van der Waals surface area (Å²) in [7, 11) is 1.94. The zero-order valence-corrected chi connectivity index (χ0v) is 11.5. The topological polar surface area (TPSA) is 21.3 Å². The van der Waals surface area contributed by atoms with Gasteiger partial charge in [-0.05, 0) is 31.5 Å². The smallest absolute Gasteiger partial charge is 0.140 e. The maximum Gasteiger partial charge on any atom is 0.140 e. The quantitative estimate of drug-likeness (QED) is 0.822. The van der Waals surface area contributed by atoms with E-state index >= 15 is 0 Å². The Morgan fingerprint density at radius 2 is 1.67 bits per heavy atom. The molecule has 2 aromatic carbocycles. The van der Waals surface area contributed by atoms with Crippen molar-refractivity contribution >= 4 is 11.8 Å². The minimum Gasteiger partial charge on any atom is -0.456 e. The number of para-hydroxylation sites is 2. The molecule has 2 nitrogen and oxygen atoms in total. The van der Waals surface area contributed by atoms with Crippen LogP contribution < -0.4 is 10.1 Å². The van der Waals surface area contributed by atoms with Crippen LogP contribution in [0.3, 0.4) is 0 Å². The third-order valence-electron chi connectivity index (χ3n) is 2.63. The van der Waals surface area contributed by atoms with Crippen molar-refractivity contribution in [3.63, 3.8) is 0 Å². The Hall–Kier alpha value is -1.45. The Morgan fingerprint density at radius 3 is 2.39 bits per heavy atom. The number of rotatable bonds is 5. The van der Waals surface area contributed by atoms with Crippen molar-refractivity contribution in [3.8, 4) is 11.5 Å². The number of nitrogens with one attached hydrogen (secondary N) is 1. The third kappa shape index (κ3) is 3.06. The number of hydrogen-bond acceptors (Lipinski definition) is 3. The predicted molar refractivity (Wildman–Crippen MR) is 77.5 cm³/mol. The zero-order valence-electron chi connectivity index (χ0n) is 10.6. The van der Waals surface area contributed by atoms with Crippen molar-refractivity contribution in [2.45, 2.75) is 11.4 Å². The summed E-state index contributed by atoms with van der Waals surface area (Å²) in [6.45, 7) is 0.803. The Morgan fingerprint density at radius 1 is 1.00 bits per heavy atom. The van der Waals surface area contributed by atoms with Gasteiger partial charge in [0.1, 0.15) is 11.5 Å². The zero-order chi connectivity index (χ0) is 12.8. The molecule has 2 aromatic rings. The summed E-state index contributed by atoms with van der Waals surface area (Å²) in [5.41, 5.74) is 1.16. The molecule has 0 atom stereocenters. The molecular weight excluding hydrogens is 242 g/mol. The molecule has 0 bridgehead atoms. The first-order chi connectivity index (χ1) is 8.85. The molecule has 1 N–H and O–H groups in total. The van der Waals surface area contributed by atoms with Gasteiger partial charge >= 0.3 is 0 Å². The summed E-state index contributed by atoms with van der Waals surface area (Å²) in [6.07, 6.45) is 2.06. The van der Waals surface area contributed by atoms with Crippen molar-refractivity contribution in [1.82, 2.24) is 5.32 Å². The molecule has 3 heteroatoms. The highest BCUT2D eigenvalue weighted by Gasteiger charge is 2.06. The normalized spacial score (nSPS) is 10.3. The van der Waals surface area contributed by atoms with E-state index in [0.29, 0.717) is 0 Å². The van der Waals surface area contributed by atoms with Crippen LogP contribution in [0, 0.1) is 0 Å². The molecule has 94 valence electrons. The van der Waals surface area contributed by atoms with Gasteiger partial charge in [0, 0.05) is 17.0 Å². The molecule has 0 aromatic heterocycles. The number of thioether (sulfide) groups is 1. The molecular formula is C15H17NOS. The fourth-order valence-corrected chi connectivity index (χ4v) is 2.29. The molecule has 0 fully saturated rings. The van der Waals surface area contributed by atoms with Gasteiger partial charge in [0.15, 0.2) is 0 Å². The Bertz CT molecular complexity index is 513. The lowest BCUT2D eigenvalue weighted by molar-refractivity contribution is 0.463. The first kappa shape index (κ1) is 13.0. The van der Waals surface area contributed by atoms with Crippen LogP contribution in [-0.2, 0) is 6.54 Å². The number of benzene rings is 2. The lowest BCUT2D eigenvalue weighted by atomic mass is 10.2. The van der Waals surface area contributed by atoms with E-state index in [1.165, 1.54) is 0 Å². The van der Waals surface area contributed by atoms with Gasteiger partial charge in [0.25, 0.3) is 0 Å². The van der Waals surface area contributed by atoms with Gasteiger partial charge in [-0.25, -0.2) is 0 Å². The molecule has 0 radical (unpaired) electrons. The van der Waals surface area contributed by atoms with Gasteiger partial charge in [-0.15, -0.1) is 11.8 Å². The summed E-state index contributed by atoms with van der Waals surface area (Å²) < 4.78 is 6.02. The van der Waals surface area contributed by atoms with Gasteiger partial charge in [-0.3, -0.25) is 0 Å². The molecule has 0 aliphatic carbocycles. The predicted octanol–water partition coefficient (Wildman–Crippen LogP) is 3.92. The SMILES string of the molecule is CNCc1ccccc1Oc1ccccc1SC. The lowest BCUT2D eigenvalue weighted by Gasteiger charge is -2.13. The maximum atomic E-state index is 6.02. The van der Waals surface area contributed by atoms with Crippen molar-refractivity contribution in [3.05, 3.63) is 54.1 Å². The summed E-state index contributed by atoms with van der Waals surface area (Å²) in [5.74, 6) is 1.82. The summed E-state index contributed by atoms with van der Waals surface area (Å²) in [4.78, 5) is 1.15. The van der Waals surface area contributed by atoms with Gasteiger partial charge in [-0.2, -0.15) is 0 Å². The molecule has 0 spiro atoms. The molecule has 18 heavy (non-hydrogen) atoms. The molecule has 0 amide bonds. The Labute approximate surface area is 112 Å². The van der Waals surface area contributed by atoms with Crippen LogP contribution in [0.25, 0.3) is 0 Å². The van der Waals surface area contributed by atoms with E-state index in [4.69, 9.17) is 4.74 Å². The molecule has 2 rings (SSSR count). The van der Waals surface area contributed by atoms with Gasteiger partial charge < -0.3 is 10.1 Å². The fraction of sp³-hybridized carbons (Fsp3) is 0.200. The Kier molecular flexibility index (Phi) is 4.67. The third-order valence-corrected chi connectivity index (χ3v) is 3.41. The minimum atomic E-state index is 0.803. The second-order valence-corrected chi connectivity index (χ2v) is 4.74. The van der Waals surface area contributed by atoms with E-state index in [0.717, 1.165) is 28.5 Å². The molecule has 0 aliphatic rings. The van der Waals surface area contributed by atoms with E-state index in [-0.39, 0.29) is 0 Å². The maximum absolute atomic E-state index is 6.02. The van der Waals surface area contributed by atoms with E-state index < -0.39 is 0 Å². The molecule has 0 aliphatic heterocycles. The van der Waals surface area contributed by atoms with E-state index in [2.05, 4.69) is 23.7 Å². The van der Waals surface area contributed by atoms with Gasteiger partial charge in [0.2, 0.25) is 0 Å². The second-order valence-electron chi connectivity index (χ2n) is 3.89. The van der Waals surface area contributed by atoms with E-state index in [1.807, 2.05) is 43.4 Å². The molecule has 0 heterocycles. The molecule has 0 saturated heterocycles. The number of ether oxygens (including phenoxy) is 1. The average Bonchev–Trinajstić information content (AvgIpc) is 2.42. The highest BCUT2D eigenvalue weighted by atomic mass is 32.2. The fourth-order valence-electron chi connectivity index (χ4n) is 1.76. The van der Waals surface area contributed by atoms with Crippen LogP contribution in [0.4, 0.5) is 0 Å². The lowest BCUT2D eigenvalue weighted by Crippen LogP contribution is -2.06. The van der Waals surface area contributed by atoms with Crippen LogP contribution in [0.15, 0.2) is 53.4 Å². The number of hydrogen-bond donors (Lipinski definition) is 1. The summed E-state index contributed by atoms with van der Waals surface area (Å²) >= 11 is 1.69. The second kappa shape index (κ2) is 6.47. The highest BCUT2D eigenvalue weighted by Crippen LogP contribution is 2.32. The average molecular weight is 259 g/mol. The standard InChI is InChI=1S/C15H17NOS/c1-16-11-12-7-3-4-8-13(12)17-14-9-5-6-10-15(14)18-2/h3-10,16H,11H2,1-2H3. The van der Waals surface area contributed by atoms with Crippen LogP contribution in [-0.4, -0.2) is 13.3 Å². The van der Waals surface area contributed by atoms with Crippen molar-refractivity contribution < 1.29 is 4.74 Å². The van der Waals surface area contributed by atoms with Gasteiger partial charge in [-0.1, -0.05) is 30.3 Å². The van der Waals surface area contributed by atoms with Gasteiger partial charge in [0.05, 0.1) is 0 Å². The minimum absolute atomic E-state index is 0.803. The summed E-state index contributed by atoms with van der Waals surface area (Å²) in [5, 5.41) is 3.15. The first-order valence-corrected chi connectivity index (χ1v) is 7.11. The van der Waals surface area contributed by atoms with E-state index in [9.17, 15) is 0 Å². The monoisotopic (exact) mass is 259 g/mol. The van der Waals surface area contributed by atoms with Crippen molar-refractivity contribution in [2.75, 3.05) is 13.3 Å². The van der Waals surface area contributed by atoms with Crippen LogP contribution >= 0.6 is 11.8 Å². The highest BCUT2D eigenvalue weighted by molar-refractivity contribution is 7.98. The van der Waals surface area contributed by atoms with Crippen LogP contribution in [0.2, 0.25) is 0 Å². The van der Waals surface area contributed by atoms with E-state index in [1.54, 1.807) is 11.8 Å². The Balaban J connectivity index is 2.28.